The number of para-hydroxylation sites is 2. The molecule has 0 unspecified atom stereocenters. The topological polar surface area (TPSA) is 24.4 Å². The quantitative estimate of drug-likeness (QED) is 0.493. The van der Waals surface area contributed by atoms with Crippen molar-refractivity contribution in [3.63, 3.8) is 0 Å². The molecule has 0 aromatic heterocycles. The molecule has 1 aromatic rings. The molecule has 0 spiro atoms. The Labute approximate surface area is 65.5 Å². The third-order valence-electron chi connectivity index (χ3n) is 1.19. The van der Waals surface area contributed by atoms with Crippen molar-refractivity contribution < 1.29 is 0 Å². The molecule has 0 fully saturated rings. The standard InChI is InChI=1S/C7H8N2S/c1-8-6-4-2-3-5-7(6)9-10/h2-5,9-10H,1H2. The van der Waals surface area contributed by atoms with Gasteiger partial charge in [0.15, 0.2) is 0 Å². The van der Waals surface area contributed by atoms with E-state index in [4.69, 9.17) is 0 Å². The Kier molecular flexibility index (Phi) is 2.34. The molecule has 1 rings (SSSR count). The number of benzene rings is 1. The summed E-state index contributed by atoms with van der Waals surface area (Å²) in [6.07, 6.45) is 0. The first-order valence-corrected chi connectivity index (χ1v) is 3.29. The highest BCUT2D eigenvalue weighted by atomic mass is 32.1. The molecule has 0 bridgehead atoms. The number of anilines is 1. The van der Waals surface area contributed by atoms with E-state index >= 15 is 0 Å². The zero-order valence-electron chi connectivity index (χ0n) is 5.41. The van der Waals surface area contributed by atoms with Crippen LogP contribution in [-0.4, -0.2) is 6.72 Å². The van der Waals surface area contributed by atoms with Crippen molar-refractivity contribution in [2.24, 2.45) is 4.99 Å². The molecule has 52 valence electrons. The fourth-order valence-electron chi connectivity index (χ4n) is 0.706. The molecule has 0 saturated heterocycles. The predicted octanol–water partition coefficient (Wildman–Crippen LogP) is 2.28. The Morgan fingerprint density at radius 1 is 1.40 bits per heavy atom. The number of hydrogen-bond donors (Lipinski definition) is 2. The Morgan fingerprint density at radius 3 is 2.60 bits per heavy atom. The van der Waals surface area contributed by atoms with Gasteiger partial charge in [-0.25, -0.2) is 0 Å². The van der Waals surface area contributed by atoms with Crippen molar-refractivity contribution in [2.75, 3.05) is 4.72 Å². The lowest BCUT2D eigenvalue weighted by Gasteiger charge is -2.00. The lowest BCUT2D eigenvalue weighted by molar-refractivity contribution is 1.55. The van der Waals surface area contributed by atoms with Crippen molar-refractivity contribution in [3.8, 4) is 0 Å². The lowest BCUT2D eigenvalue weighted by Crippen LogP contribution is -1.78. The Bertz CT molecular complexity index is 235. The van der Waals surface area contributed by atoms with Crippen LogP contribution in [0.3, 0.4) is 0 Å². The van der Waals surface area contributed by atoms with E-state index < -0.39 is 0 Å². The summed E-state index contributed by atoms with van der Waals surface area (Å²) in [5.41, 5.74) is 1.69. The van der Waals surface area contributed by atoms with Gasteiger partial charge < -0.3 is 4.72 Å². The lowest BCUT2D eigenvalue weighted by atomic mass is 10.3. The van der Waals surface area contributed by atoms with Gasteiger partial charge >= 0.3 is 0 Å². The van der Waals surface area contributed by atoms with Crippen molar-refractivity contribution in [1.29, 1.82) is 0 Å². The summed E-state index contributed by atoms with van der Waals surface area (Å²) in [4.78, 5) is 3.78. The Morgan fingerprint density at radius 2 is 2.10 bits per heavy atom. The third kappa shape index (κ3) is 1.30. The summed E-state index contributed by atoms with van der Waals surface area (Å²) >= 11 is 3.90. The van der Waals surface area contributed by atoms with Crippen molar-refractivity contribution in [1.82, 2.24) is 0 Å². The van der Waals surface area contributed by atoms with Crippen LogP contribution < -0.4 is 4.72 Å². The highest BCUT2D eigenvalue weighted by Gasteiger charge is 1.93. The fourth-order valence-corrected chi connectivity index (χ4v) is 0.895. The average molecular weight is 152 g/mol. The van der Waals surface area contributed by atoms with Gasteiger partial charge in [-0.1, -0.05) is 24.9 Å². The molecular formula is C7H8N2S. The van der Waals surface area contributed by atoms with Crippen LogP contribution in [0.2, 0.25) is 0 Å². The molecule has 0 aliphatic carbocycles. The minimum atomic E-state index is 0.817. The van der Waals surface area contributed by atoms with Crippen LogP contribution in [0.1, 0.15) is 0 Å². The summed E-state index contributed by atoms with van der Waals surface area (Å²) in [7, 11) is 0. The number of rotatable bonds is 2. The third-order valence-corrected chi connectivity index (χ3v) is 1.44. The van der Waals surface area contributed by atoms with Crippen LogP contribution in [0.15, 0.2) is 29.3 Å². The summed E-state index contributed by atoms with van der Waals surface area (Å²) in [5.74, 6) is 0. The minimum Gasteiger partial charge on any atom is -0.331 e. The van der Waals surface area contributed by atoms with Crippen LogP contribution in [-0.2, 0) is 0 Å². The Hall–Kier alpha value is -0.960. The first-order chi connectivity index (χ1) is 4.88. The molecular weight excluding hydrogens is 144 g/mol. The first kappa shape index (κ1) is 7.15. The van der Waals surface area contributed by atoms with Crippen LogP contribution in [0.25, 0.3) is 0 Å². The average Bonchev–Trinajstić information content (AvgIpc) is 2.04. The minimum absolute atomic E-state index is 0.817. The van der Waals surface area contributed by atoms with Gasteiger partial charge in [-0.05, 0) is 18.9 Å². The van der Waals surface area contributed by atoms with Crippen LogP contribution in [0.5, 0.6) is 0 Å². The van der Waals surface area contributed by atoms with E-state index in [1.807, 2.05) is 24.3 Å². The number of hydrogen-bond acceptors (Lipinski definition) is 3. The highest BCUT2D eigenvalue weighted by molar-refractivity contribution is 7.81. The smallest absolute Gasteiger partial charge is 0.0862 e. The monoisotopic (exact) mass is 152 g/mol. The molecule has 0 atom stereocenters. The van der Waals surface area contributed by atoms with Gasteiger partial charge in [0.05, 0.1) is 11.4 Å². The first-order valence-electron chi connectivity index (χ1n) is 2.84. The van der Waals surface area contributed by atoms with E-state index in [0.29, 0.717) is 0 Å². The van der Waals surface area contributed by atoms with E-state index in [9.17, 15) is 0 Å². The van der Waals surface area contributed by atoms with Gasteiger partial charge in [0.25, 0.3) is 0 Å². The zero-order valence-corrected chi connectivity index (χ0v) is 6.31. The van der Waals surface area contributed by atoms with E-state index in [2.05, 4.69) is 29.2 Å². The second-order valence-corrected chi connectivity index (χ2v) is 2.01. The van der Waals surface area contributed by atoms with Crippen molar-refractivity contribution in [3.05, 3.63) is 24.3 Å². The maximum absolute atomic E-state index is 3.90. The molecule has 0 amide bonds. The van der Waals surface area contributed by atoms with E-state index in [1.165, 1.54) is 0 Å². The van der Waals surface area contributed by atoms with Gasteiger partial charge in [-0.3, -0.25) is 4.99 Å². The van der Waals surface area contributed by atoms with Crippen molar-refractivity contribution >= 4 is 30.9 Å². The molecule has 0 aliphatic rings. The van der Waals surface area contributed by atoms with Crippen LogP contribution in [0, 0.1) is 0 Å². The number of nitrogens with one attached hydrogen (secondary N) is 1. The summed E-state index contributed by atoms with van der Waals surface area (Å²) in [6, 6.07) is 7.56. The predicted molar refractivity (Wildman–Crippen MR) is 48.3 cm³/mol. The summed E-state index contributed by atoms with van der Waals surface area (Å²) < 4.78 is 2.71. The second-order valence-electron chi connectivity index (χ2n) is 1.79. The molecule has 3 heteroatoms. The molecule has 0 saturated carbocycles. The molecule has 1 aromatic carbocycles. The van der Waals surface area contributed by atoms with Gasteiger partial charge in [0.1, 0.15) is 0 Å². The number of nitrogens with zero attached hydrogens (tertiary/aromatic N) is 1. The SMILES string of the molecule is C=Nc1ccccc1NS. The van der Waals surface area contributed by atoms with Crippen LogP contribution >= 0.6 is 12.8 Å². The van der Waals surface area contributed by atoms with Crippen LogP contribution in [0.4, 0.5) is 11.4 Å². The molecule has 0 heterocycles. The van der Waals surface area contributed by atoms with E-state index in [1.54, 1.807) is 0 Å². The number of thiol groups is 1. The highest BCUT2D eigenvalue weighted by Crippen LogP contribution is 2.23. The van der Waals surface area contributed by atoms with E-state index in [0.717, 1.165) is 11.4 Å². The molecule has 1 N–H and O–H groups in total. The zero-order chi connectivity index (χ0) is 7.40. The molecule has 2 nitrogen and oxygen atoms in total. The van der Waals surface area contributed by atoms with Gasteiger partial charge in [-0.2, -0.15) is 0 Å². The van der Waals surface area contributed by atoms with Gasteiger partial charge in [0.2, 0.25) is 0 Å². The fraction of sp³-hybridized carbons (Fsp3) is 0. The van der Waals surface area contributed by atoms with Gasteiger partial charge in [-0.15, -0.1) is 0 Å². The number of aliphatic imine (C=N–C) groups is 1. The van der Waals surface area contributed by atoms with E-state index in [-0.39, 0.29) is 0 Å². The maximum atomic E-state index is 3.90. The molecule has 10 heavy (non-hydrogen) atoms. The normalized spacial score (nSPS) is 8.90. The maximum Gasteiger partial charge on any atom is 0.0862 e. The van der Waals surface area contributed by atoms with Crippen molar-refractivity contribution in [2.45, 2.75) is 0 Å². The van der Waals surface area contributed by atoms with Gasteiger partial charge in [0, 0.05) is 0 Å². The molecule has 0 aliphatic heterocycles. The largest absolute Gasteiger partial charge is 0.331 e. The Balaban J connectivity index is 3.08. The second kappa shape index (κ2) is 3.27. The summed E-state index contributed by atoms with van der Waals surface area (Å²) in [5, 5.41) is 0. The summed E-state index contributed by atoms with van der Waals surface area (Å²) in [6.45, 7) is 3.42. The molecule has 0 radical (unpaired) electrons.